The van der Waals surface area contributed by atoms with Crippen molar-refractivity contribution in [1.82, 2.24) is 14.8 Å². The highest BCUT2D eigenvalue weighted by Crippen LogP contribution is 2.17. The molecule has 3 heterocycles. The second-order valence-corrected chi connectivity index (χ2v) is 5.84. The average Bonchev–Trinajstić information content (AvgIpc) is 3.31. The summed E-state index contributed by atoms with van der Waals surface area (Å²) in [6.45, 7) is 2.06. The minimum atomic E-state index is -0.125. The maximum atomic E-state index is 12.7. The van der Waals surface area contributed by atoms with E-state index < -0.39 is 0 Å². The lowest BCUT2D eigenvalue weighted by Gasteiger charge is -2.34. The molecule has 1 N–H and O–H groups in total. The molecule has 0 atom stereocenters. The molecular formula is C18H17N3O3. The summed E-state index contributed by atoms with van der Waals surface area (Å²) in [5, 5.41) is 1.08. The molecule has 1 saturated heterocycles. The molecule has 0 unspecified atom stereocenters. The molecule has 4 rings (SSSR count). The maximum absolute atomic E-state index is 12.7. The molecule has 1 aromatic carbocycles. The first-order chi connectivity index (χ1) is 11.7. The number of fused-ring (bicyclic) bond motifs is 1. The predicted octanol–water partition coefficient (Wildman–Crippen LogP) is 2.36. The third kappa shape index (κ3) is 2.56. The van der Waals surface area contributed by atoms with Gasteiger partial charge < -0.3 is 19.2 Å². The van der Waals surface area contributed by atoms with Crippen molar-refractivity contribution in [1.29, 1.82) is 0 Å². The molecule has 6 heteroatoms. The van der Waals surface area contributed by atoms with Gasteiger partial charge in [-0.3, -0.25) is 9.59 Å². The highest BCUT2D eigenvalue weighted by atomic mass is 16.3. The smallest absolute Gasteiger partial charge is 0.289 e. The third-order valence-corrected chi connectivity index (χ3v) is 4.39. The van der Waals surface area contributed by atoms with Crippen molar-refractivity contribution in [2.75, 3.05) is 26.2 Å². The van der Waals surface area contributed by atoms with Crippen molar-refractivity contribution in [2.45, 2.75) is 0 Å². The molecule has 0 aliphatic carbocycles. The fraction of sp³-hybridized carbons (Fsp3) is 0.222. The van der Waals surface area contributed by atoms with Crippen molar-refractivity contribution < 1.29 is 14.0 Å². The molecule has 2 aromatic heterocycles. The molecule has 0 bridgehead atoms. The number of piperazine rings is 1. The van der Waals surface area contributed by atoms with E-state index in [4.69, 9.17) is 4.42 Å². The number of carbonyl (C=O) groups is 2. The van der Waals surface area contributed by atoms with Gasteiger partial charge in [0.2, 0.25) is 0 Å². The SMILES string of the molecule is O=C(c1ccc2cc[nH]c2c1)N1CCN(C(=O)c2ccco2)CC1. The van der Waals surface area contributed by atoms with Crippen LogP contribution in [0.2, 0.25) is 0 Å². The van der Waals surface area contributed by atoms with Crippen LogP contribution in [0.1, 0.15) is 20.9 Å². The van der Waals surface area contributed by atoms with Crippen LogP contribution in [0.25, 0.3) is 10.9 Å². The summed E-state index contributed by atoms with van der Waals surface area (Å²) in [5.41, 5.74) is 1.61. The van der Waals surface area contributed by atoms with Crippen LogP contribution < -0.4 is 0 Å². The minimum absolute atomic E-state index is 0.00315. The van der Waals surface area contributed by atoms with Gasteiger partial charge in [-0.25, -0.2) is 0 Å². The van der Waals surface area contributed by atoms with E-state index >= 15 is 0 Å². The van der Waals surface area contributed by atoms with E-state index in [2.05, 4.69) is 4.98 Å². The summed E-state index contributed by atoms with van der Waals surface area (Å²) in [6, 6.07) is 11.0. The fourth-order valence-electron chi connectivity index (χ4n) is 3.03. The van der Waals surface area contributed by atoms with Crippen molar-refractivity contribution in [3.8, 4) is 0 Å². The molecular weight excluding hydrogens is 306 g/mol. The van der Waals surface area contributed by atoms with E-state index in [0.717, 1.165) is 10.9 Å². The van der Waals surface area contributed by atoms with E-state index in [1.54, 1.807) is 21.9 Å². The molecule has 0 spiro atoms. The van der Waals surface area contributed by atoms with E-state index in [1.165, 1.54) is 6.26 Å². The number of nitrogens with one attached hydrogen (secondary N) is 1. The number of hydrogen-bond donors (Lipinski definition) is 1. The maximum Gasteiger partial charge on any atom is 0.289 e. The van der Waals surface area contributed by atoms with Crippen LogP contribution in [-0.2, 0) is 0 Å². The van der Waals surface area contributed by atoms with Gasteiger partial charge in [-0.05, 0) is 35.7 Å². The Hall–Kier alpha value is -3.02. The van der Waals surface area contributed by atoms with E-state index in [9.17, 15) is 9.59 Å². The van der Waals surface area contributed by atoms with Gasteiger partial charge in [-0.15, -0.1) is 0 Å². The van der Waals surface area contributed by atoms with E-state index in [1.807, 2.05) is 30.5 Å². The molecule has 6 nitrogen and oxygen atoms in total. The number of H-pyrrole nitrogens is 1. The molecule has 122 valence electrons. The Morgan fingerprint density at radius 3 is 2.42 bits per heavy atom. The molecule has 2 amide bonds. The monoisotopic (exact) mass is 323 g/mol. The van der Waals surface area contributed by atoms with Crippen LogP contribution >= 0.6 is 0 Å². The Morgan fingerprint density at radius 2 is 1.71 bits per heavy atom. The van der Waals surface area contributed by atoms with Gasteiger partial charge in [0.05, 0.1) is 6.26 Å². The van der Waals surface area contributed by atoms with E-state index in [0.29, 0.717) is 37.5 Å². The lowest BCUT2D eigenvalue weighted by molar-refractivity contribution is 0.0518. The van der Waals surface area contributed by atoms with Crippen molar-refractivity contribution >= 4 is 22.7 Å². The van der Waals surface area contributed by atoms with Crippen LogP contribution in [-0.4, -0.2) is 52.8 Å². The minimum Gasteiger partial charge on any atom is -0.459 e. The number of nitrogens with zero attached hydrogens (tertiary/aromatic N) is 2. The molecule has 1 aliphatic rings. The number of aromatic amines is 1. The summed E-state index contributed by atoms with van der Waals surface area (Å²) >= 11 is 0. The van der Waals surface area contributed by atoms with E-state index in [-0.39, 0.29) is 11.8 Å². The summed E-state index contributed by atoms with van der Waals surface area (Å²) in [5.74, 6) is 0.212. The second-order valence-electron chi connectivity index (χ2n) is 5.84. The zero-order valence-corrected chi connectivity index (χ0v) is 13.1. The average molecular weight is 323 g/mol. The summed E-state index contributed by atoms with van der Waals surface area (Å²) < 4.78 is 5.15. The first-order valence-corrected chi connectivity index (χ1v) is 7.91. The zero-order valence-electron chi connectivity index (χ0n) is 13.1. The van der Waals surface area contributed by atoms with Gasteiger partial charge in [0.15, 0.2) is 5.76 Å². The first-order valence-electron chi connectivity index (χ1n) is 7.91. The Balaban J connectivity index is 1.43. The Bertz CT molecular complexity index is 874. The molecule has 3 aromatic rings. The van der Waals surface area contributed by atoms with Crippen LogP contribution in [0.5, 0.6) is 0 Å². The molecule has 24 heavy (non-hydrogen) atoms. The third-order valence-electron chi connectivity index (χ3n) is 4.39. The number of carbonyl (C=O) groups excluding carboxylic acids is 2. The topological polar surface area (TPSA) is 69.6 Å². The summed E-state index contributed by atoms with van der Waals surface area (Å²) in [7, 11) is 0. The lowest BCUT2D eigenvalue weighted by atomic mass is 10.1. The van der Waals surface area contributed by atoms with Crippen LogP contribution in [0.15, 0.2) is 53.3 Å². The standard InChI is InChI=1S/C18H17N3O3/c22-17(14-4-3-13-5-6-19-15(13)12-14)20-7-9-21(10-8-20)18(23)16-2-1-11-24-16/h1-6,11-12,19H,7-10H2. The Kier molecular flexibility index (Phi) is 3.57. The Morgan fingerprint density at radius 1 is 0.958 bits per heavy atom. The van der Waals surface area contributed by atoms with Crippen LogP contribution in [0, 0.1) is 0 Å². The normalized spacial score (nSPS) is 15.0. The van der Waals surface area contributed by atoms with Crippen molar-refractivity contribution in [3.05, 3.63) is 60.2 Å². The van der Waals surface area contributed by atoms with Crippen LogP contribution in [0.4, 0.5) is 0 Å². The zero-order chi connectivity index (χ0) is 16.5. The van der Waals surface area contributed by atoms with Gasteiger partial charge in [-0.1, -0.05) is 6.07 Å². The number of benzene rings is 1. The summed E-state index contributed by atoms with van der Waals surface area (Å²) in [4.78, 5) is 31.5. The number of furan rings is 1. The molecule has 0 radical (unpaired) electrons. The number of rotatable bonds is 2. The molecule has 0 saturated carbocycles. The van der Waals surface area contributed by atoms with Gasteiger partial charge in [0, 0.05) is 43.5 Å². The van der Waals surface area contributed by atoms with Crippen LogP contribution in [0.3, 0.4) is 0 Å². The predicted molar refractivity (Wildman–Crippen MR) is 88.8 cm³/mol. The number of hydrogen-bond acceptors (Lipinski definition) is 3. The summed E-state index contributed by atoms with van der Waals surface area (Å²) in [6.07, 6.45) is 3.35. The highest BCUT2D eigenvalue weighted by Gasteiger charge is 2.26. The fourth-order valence-corrected chi connectivity index (χ4v) is 3.03. The number of aromatic nitrogens is 1. The van der Waals surface area contributed by atoms with Gasteiger partial charge >= 0.3 is 0 Å². The van der Waals surface area contributed by atoms with Gasteiger partial charge in [0.1, 0.15) is 0 Å². The number of amides is 2. The quantitative estimate of drug-likeness (QED) is 0.787. The van der Waals surface area contributed by atoms with Crippen molar-refractivity contribution in [3.63, 3.8) is 0 Å². The largest absolute Gasteiger partial charge is 0.459 e. The first kappa shape index (κ1) is 14.6. The second kappa shape index (κ2) is 5.88. The van der Waals surface area contributed by atoms with Gasteiger partial charge in [-0.2, -0.15) is 0 Å². The Labute approximate surface area is 138 Å². The lowest BCUT2D eigenvalue weighted by Crippen LogP contribution is -2.50. The molecule has 1 aliphatic heterocycles. The highest BCUT2D eigenvalue weighted by molar-refractivity contribution is 5.98. The molecule has 1 fully saturated rings. The van der Waals surface area contributed by atoms with Crippen molar-refractivity contribution in [2.24, 2.45) is 0 Å². The van der Waals surface area contributed by atoms with Gasteiger partial charge in [0.25, 0.3) is 11.8 Å².